The van der Waals surface area contributed by atoms with Gasteiger partial charge in [0, 0.05) is 24.2 Å². The molecule has 0 fully saturated rings. The topological polar surface area (TPSA) is 39.9 Å². The lowest BCUT2D eigenvalue weighted by atomic mass is 10.2. The summed E-state index contributed by atoms with van der Waals surface area (Å²) in [6, 6.07) is 11.1. The number of ether oxygens (including phenoxy) is 1. The number of pyridine rings is 1. The van der Waals surface area contributed by atoms with Gasteiger partial charge in [-0.25, -0.2) is 0 Å². The molecule has 0 aliphatic carbocycles. The SMILES string of the molecule is Clc1cccc(Cl)c1OCCn1nccc1-c1ccncc1. The fraction of sp³-hybridized carbons (Fsp3) is 0.125. The van der Waals surface area contributed by atoms with E-state index < -0.39 is 0 Å². The predicted molar refractivity (Wildman–Crippen MR) is 87.4 cm³/mol. The Balaban J connectivity index is 1.70. The van der Waals surface area contributed by atoms with Crippen LogP contribution in [0.4, 0.5) is 0 Å². The molecule has 0 atom stereocenters. The molecule has 0 N–H and O–H groups in total. The van der Waals surface area contributed by atoms with Crippen LogP contribution < -0.4 is 4.74 Å². The molecule has 0 radical (unpaired) electrons. The second-order valence-corrected chi connectivity index (χ2v) is 5.39. The van der Waals surface area contributed by atoms with Crippen LogP contribution in [-0.2, 0) is 6.54 Å². The first-order valence-electron chi connectivity index (χ1n) is 6.75. The average molecular weight is 334 g/mol. The van der Waals surface area contributed by atoms with Crippen molar-refractivity contribution in [3.63, 3.8) is 0 Å². The standard InChI is InChI=1S/C16H13Cl2N3O/c17-13-2-1-3-14(18)16(13)22-11-10-21-15(6-9-20-21)12-4-7-19-8-5-12/h1-9H,10-11H2. The highest BCUT2D eigenvalue weighted by atomic mass is 35.5. The van der Waals surface area contributed by atoms with Crippen LogP contribution in [0.5, 0.6) is 5.75 Å². The average Bonchev–Trinajstić information content (AvgIpc) is 2.99. The van der Waals surface area contributed by atoms with Crippen LogP contribution in [0, 0.1) is 0 Å². The lowest BCUT2D eigenvalue weighted by Gasteiger charge is -2.11. The van der Waals surface area contributed by atoms with Gasteiger partial charge in [-0.2, -0.15) is 5.10 Å². The molecule has 2 heterocycles. The molecule has 0 amide bonds. The van der Waals surface area contributed by atoms with E-state index in [1.165, 1.54) is 0 Å². The summed E-state index contributed by atoms with van der Waals surface area (Å²) >= 11 is 12.2. The van der Waals surface area contributed by atoms with Crippen molar-refractivity contribution in [2.75, 3.05) is 6.61 Å². The molecule has 4 nitrogen and oxygen atoms in total. The Hall–Kier alpha value is -2.04. The van der Waals surface area contributed by atoms with Gasteiger partial charge in [-0.15, -0.1) is 0 Å². The molecule has 0 spiro atoms. The van der Waals surface area contributed by atoms with Gasteiger partial charge < -0.3 is 4.74 Å². The lowest BCUT2D eigenvalue weighted by Crippen LogP contribution is -2.11. The molecule has 3 rings (SSSR count). The number of nitrogens with zero attached hydrogens (tertiary/aromatic N) is 3. The van der Waals surface area contributed by atoms with Gasteiger partial charge in [-0.05, 0) is 30.3 Å². The Labute approximate surface area is 138 Å². The highest BCUT2D eigenvalue weighted by Gasteiger charge is 2.08. The maximum atomic E-state index is 6.08. The van der Waals surface area contributed by atoms with Gasteiger partial charge in [0.2, 0.25) is 0 Å². The Morgan fingerprint density at radius 3 is 2.41 bits per heavy atom. The van der Waals surface area contributed by atoms with Gasteiger partial charge in [-0.3, -0.25) is 9.67 Å². The van der Waals surface area contributed by atoms with Crippen LogP contribution in [0.2, 0.25) is 10.0 Å². The first kappa shape index (κ1) is 14.9. The van der Waals surface area contributed by atoms with E-state index >= 15 is 0 Å². The molecule has 0 unspecified atom stereocenters. The summed E-state index contributed by atoms with van der Waals surface area (Å²) in [6.45, 7) is 1.01. The van der Waals surface area contributed by atoms with Crippen LogP contribution in [-0.4, -0.2) is 21.4 Å². The van der Waals surface area contributed by atoms with Crippen LogP contribution in [0.1, 0.15) is 0 Å². The fourth-order valence-electron chi connectivity index (χ4n) is 2.13. The third-order valence-electron chi connectivity index (χ3n) is 3.16. The normalized spacial score (nSPS) is 10.6. The fourth-order valence-corrected chi connectivity index (χ4v) is 2.64. The van der Waals surface area contributed by atoms with E-state index in [4.69, 9.17) is 27.9 Å². The van der Waals surface area contributed by atoms with E-state index in [0.29, 0.717) is 28.9 Å². The first-order valence-corrected chi connectivity index (χ1v) is 7.50. The van der Waals surface area contributed by atoms with Gasteiger partial charge in [0.1, 0.15) is 6.61 Å². The van der Waals surface area contributed by atoms with Gasteiger partial charge in [-0.1, -0.05) is 29.3 Å². The van der Waals surface area contributed by atoms with E-state index in [-0.39, 0.29) is 0 Å². The third kappa shape index (κ3) is 3.24. The summed E-state index contributed by atoms with van der Waals surface area (Å²) in [6.07, 6.45) is 5.28. The molecule has 0 aliphatic rings. The van der Waals surface area contributed by atoms with E-state index in [9.17, 15) is 0 Å². The molecule has 0 saturated heterocycles. The summed E-state index contributed by atoms with van der Waals surface area (Å²) in [5, 5.41) is 5.32. The van der Waals surface area contributed by atoms with Crippen molar-refractivity contribution in [3.05, 3.63) is 65.0 Å². The Kier molecular flexibility index (Phi) is 4.61. The predicted octanol–water partition coefficient (Wildman–Crippen LogP) is 4.33. The highest BCUT2D eigenvalue weighted by Crippen LogP contribution is 2.32. The molecule has 6 heteroatoms. The largest absolute Gasteiger partial charge is 0.489 e. The zero-order valence-electron chi connectivity index (χ0n) is 11.6. The molecule has 0 aliphatic heterocycles. The Morgan fingerprint density at radius 1 is 0.955 bits per heavy atom. The number of para-hydroxylation sites is 1. The van der Waals surface area contributed by atoms with Crippen molar-refractivity contribution < 1.29 is 4.74 Å². The molecule has 2 aromatic heterocycles. The smallest absolute Gasteiger partial charge is 0.156 e. The second kappa shape index (κ2) is 6.81. The molecule has 0 bridgehead atoms. The number of halogens is 2. The monoisotopic (exact) mass is 333 g/mol. The minimum atomic E-state index is 0.420. The van der Waals surface area contributed by atoms with Crippen molar-refractivity contribution in [3.8, 4) is 17.0 Å². The minimum absolute atomic E-state index is 0.420. The van der Waals surface area contributed by atoms with E-state index in [1.807, 2.05) is 22.9 Å². The zero-order valence-corrected chi connectivity index (χ0v) is 13.1. The van der Waals surface area contributed by atoms with Crippen LogP contribution in [0.15, 0.2) is 55.0 Å². The van der Waals surface area contributed by atoms with Gasteiger partial charge in [0.25, 0.3) is 0 Å². The molecule has 22 heavy (non-hydrogen) atoms. The van der Waals surface area contributed by atoms with E-state index in [2.05, 4.69) is 10.1 Å². The summed E-state index contributed by atoms with van der Waals surface area (Å²) in [5.74, 6) is 0.503. The summed E-state index contributed by atoms with van der Waals surface area (Å²) < 4.78 is 7.57. The maximum absolute atomic E-state index is 6.08. The minimum Gasteiger partial charge on any atom is -0.489 e. The molecular weight excluding hydrogens is 321 g/mol. The number of aromatic nitrogens is 3. The lowest BCUT2D eigenvalue weighted by molar-refractivity contribution is 0.292. The van der Waals surface area contributed by atoms with Crippen LogP contribution >= 0.6 is 23.2 Å². The quantitative estimate of drug-likeness (QED) is 0.697. The first-order chi connectivity index (χ1) is 10.8. The van der Waals surface area contributed by atoms with E-state index in [1.54, 1.807) is 36.8 Å². The maximum Gasteiger partial charge on any atom is 0.156 e. The highest BCUT2D eigenvalue weighted by molar-refractivity contribution is 6.37. The summed E-state index contributed by atoms with van der Waals surface area (Å²) in [5.41, 5.74) is 2.07. The number of hydrogen-bond donors (Lipinski definition) is 0. The van der Waals surface area contributed by atoms with Gasteiger partial charge >= 0.3 is 0 Å². The zero-order chi connectivity index (χ0) is 15.4. The number of hydrogen-bond acceptors (Lipinski definition) is 3. The van der Waals surface area contributed by atoms with Crippen molar-refractivity contribution in [1.29, 1.82) is 0 Å². The van der Waals surface area contributed by atoms with Crippen LogP contribution in [0.25, 0.3) is 11.3 Å². The van der Waals surface area contributed by atoms with E-state index in [0.717, 1.165) is 11.3 Å². The summed E-state index contributed by atoms with van der Waals surface area (Å²) in [4.78, 5) is 4.02. The number of benzene rings is 1. The molecule has 0 saturated carbocycles. The van der Waals surface area contributed by atoms with Crippen molar-refractivity contribution in [2.45, 2.75) is 6.54 Å². The molecule has 1 aromatic carbocycles. The Bertz CT molecular complexity index is 739. The molecule has 3 aromatic rings. The van der Waals surface area contributed by atoms with Gasteiger partial charge in [0.05, 0.1) is 22.3 Å². The van der Waals surface area contributed by atoms with Gasteiger partial charge in [0.15, 0.2) is 5.75 Å². The molecular formula is C16H13Cl2N3O. The van der Waals surface area contributed by atoms with Crippen molar-refractivity contribution >= 4 is 23.2 Å². The van der Waals surface area contributed by atoms with Crippen molar-refractivity contribution in [2.24, 2.45) is 0 Å². The third-order valence-corrected chi connectivity index (χ3v) is 3.76. The molecule has 112 valence electrons. The second-order valence-electron chi connectivity index (χ2n) is 4.57. The number of rotatable bonds is 5. The summed E-state index contributed by atoms with van der Waals surface area (Å²) in [7, 11) is 0. The van der Waals surface area contributed by atoms with Crippen molar-refractivity contribution in [1.82, 2.24) is 14.8 Å². The Morgan fingerprint density at radius 2 is 1.68 bits per heavy atom. The van der Waals surface area contributed by atoms with Crippen LogP contribution in [0.3, 0.4) is 0 Å².